The zero-order valence-electron chi connectivity index (χ0n) is 16.5. The first-order valence-electron chi connectivity index (χ1n) is 9.39. The molecule has 1 atom stereocenters. The lowest BCUT2D eigenvalue weighted by atomic mass is 10.0. The molecule has 0 aliphatic rings. The molecule has 0 aliphatic heterocycles. The number of nitrogens with zero attached hydrogens (tertiary/aromatic N) is 2. The number of aromatic nitrogens is 1. The van der Waals surface area contributed by atoms with Gasteiger partial charge in [0, 0.05) is 19.7 Å². The summed E-state index contributed by atoms with van der Waals surface area (Å²) in [5.74, 6) is -0.483. The summed E-state index contributed by atoms with van der Waals surface area (Å²) in [5, 5.41) is 0. The molecule has 150 valence electrons. The van der Waals surface area contributed by atoms with Gasteiger partial charge in [0.2, 0.25) is 5.91 Å². The first-order valence-corrected chi connectivity index (χ1v) is 11.0. The monoisotopic (exact) mass is 408 g/mol. The van der Waals surface area contributed by atoms with Gasteiger partial charge in [-0.25, -0.2) is 8.42 Å². The van der Waals surface area contributed by atoms with Gasteiger partial charge in [0.25, 0.3) is 0 Å². The van der Waals surface area contributed by atoms with E-state index < -0.39 is 9.84 Å². The fourth-order valence-electron chi connectivity index (χ4n) is 3.17. The van der Waals surface area contributed by atoms with Gasteiger partial charge in [-0.2, -0.15) is 0 Å². The highest BCUT2D eigenvalue weighted by atomic mass is 32.2. The largest absolute Gasteiger partial charge is 0.333 e. The van der Waals surface area contributed by atoms with E-state index >= 15 is 0 Å². The average molecular weight is 409 g/mol. The lowest BCUT2D eigenvalue weighted by Gasteiger charge is -2.28. The molecule has 0 fully saturated rings. The Morgan fingerprint density at radius 3 is 2.24 bits per heavy atom. The summed E-state index contributed by atoms with van der Waals surface area (Å²) in [6.45, 7) is 1.90. The van der Waals surface area contributed by atoms with E-state index in [1.807, 2.05) is 55.5 Å². The molecule has 5 nitrogen and oxygen atoms in total. The molecule has 2 aromatic carbocycles. The molecule has 0 saturated heterocycles. The summed E-state index contributed by atoms with van der Waals surface area (Å²) >= 11 is 0. The molecular weight excluding hydrogens is 384 g/mol. The standard InChI is InChI=1S/C23H24N2O3S/c1-18-11-13-20(14-12-18)29(27,28)17-15-22(26)25(2)23(19-8-4-3-5-9-19)21-10-6-7-16-24-21/h3-14,16,23H,15,17H2,1-2H3. The summed E-state index contributed by atoms with van der Waals surface area (Å²) in [7, 11) is -1.84. The van der Waals surface area contributed by atoms with Gasteiger partial charge in [-0.05, 0) is 36.8 Å². The number of rotatable bonds is 7. The third-order valence-corrected chi connectivity index (χ3v) is 6.56. The molecule has 1 unspecified atom stereocenters. The van der Waals surface area contributed by atoms with Crippen molar-refractivity contribution in [2.45, 2.75) is 24.3 Å². The summed E-state index contributed by atoms with van der Waals surface area (Å²) in [6, 6.07) is 21.5. The summed E-state index contributed by atoms with van der Waals surface area (Å²) in [5.41, 5.74) is 2.64. The minimum Gasteiger partial charge on any atom is -0.333 e. The Morgan fingerprint density at radius 2 is 1.62 bits per heavy atom. The number of benzene rings is 2. The van der Waals surface area contributed by atoms with Crippen LogP contribution in [0.25, 0.3) is 0 Å². The molecule has 0 aliphatic carbocycles. The number of hydrogen-bond acceptors (Lipinski definition) is 4. The van der Waals surface area contributed by atoms with Crippen LogP contribution in [-0.4, -0.2) is 37.0 Å². The van der Waals surface area contributed by atoms with E-state index in [-0.39, 0.29) is 29.0 Å². The van der Waals surface area contributed by atoms with Crippen molar-refractivity contribution < 1.29 is 13.2 Å². The second kappa shape index (κ2) is 9.01. The molecule has 0 N–H and O–H groups in total. The second-order valence-corrected chi connectivity index (χ2v) is 9.06. The van der Waals surface area contributed by atoms with Crippen LogP contribution in [-0.2, 0) is 14.6 Å². The van der Waals surface area contributed by atoms with Gasteiger partial charge in [-0.1, -0.05) is 54.1 Å². The van der Waals surface area contributed by atoms with Crippen molar-refractivity contribution in [3.63, 3.8) is 0 Å². The third-order valence-electron chi connectivity index (χ3n) is 4.83. The first-order chi connectivity index (χ1) is 13.9. The minimum absolute atomic E-state index is 0.0944. The van der Waals surface area contributed by atoms with Crippen LogP contribution in [0, 0.1) is 6.92 Å². The molecular formula is C23H24N2O3S. The van der Waals surface area contributed by atoms with Crippen LogP contribution >= 0.6 is 0 Å². The Labute approximate surface area is 172 Å². The van der Waals surface area contributed by atoms with E-state index in [1.54, 1.807) is 42.4 Å². The SMILES string of the molecule is Cc1ccc(S(=O)(=O)CCC(=O)N(C)C(c2ccccc2)c2ccccn2)cc1. The quantitative estimate of drug-likeness (QED) is 0.596. The molecule has 0 radical (unpaired) electrons. The zero-order valence-corrected chi connectivity index (χ0v) is 17.3. The number of carbonyl (C=O) groups excluding carboxylic acids is 1. The maximum absolute atomic E-state index is 12.9. The van der Waals surface area contributed by atoms with Crippen LogP contribution in [0.3, 0.4) is 0 Å². The highest BCUT2D eigenvalue weighted by Gasteiger charge is 2.26. The Kier molecular flexibility index (Phi) is 6.44. The molecule has 0 spiro atoms. The Bertz CT molecular complexity index is 1010. The molecule has 1 amide bonds. The predicted octanol–water partition coefficient (Wildman–Crippen LogP) is 3.80. The van der Waals surface area contributed by atoms with Crippen LogP contribution in [0.5, 0.6) is 0 Å². The molecule has 6 heteroatoms. The zero-order chi connectivity index (χ0) is 20.9. The number of sulfone groups is 1. The molecule has 0 bridgehead atoms. The van der Waals surface area contributed by atoms with Gasteiger partial charge in [0.1, 0.15) is 0 Å². The first kappa shape index (κ1) is 20.7. The van der Waals surface area contributed by atoms with Crippen LogP contribution in [0.1, 0.15) is 29.3 Å². The van der Waals surface area contributed by atoms with Gasteiger partial charge in [-0.3, -0.25) is 9.78 Å². The van der Waals surface area contributed by atoms with Gasteiger partial charge < -0.3 is 4.90 Å². The molecule has 29 heavy (non-hydrogen) atoms. The van der Waals surface area contributed by atoms with Crippen molar-refractivity contribution in [2.75, 3.05) is 12.8 Å². The normalized spacial score (nSPS) is 12.3. The van der Waals surface area contributed by atoms with Gasteiger partial charge in [0.05, 0.1) is 22.4 Å². The minimum atomic E-state index is -3.52. The number of carbonyl (C=O) groups is 1. The van der Waals surface area contributed by atoms with Gasteiger partial charge in [0.15, 0.2) is 9.84 Å². The Morgan fingerprint density at radius 1 is 0.966 bits per heavy atom. The van der Waals surface area contributed by atoms with Crippen molar-refractivity contribution in [3.8, 4) is 0 Å². The van der Waals surface area contributed by atoms with Crippen molar-refractivity contribution in [3.05, 3.63) is 95.8 Å². The van der Waals surface area contributed by atoms with Gasteiger partial charge in [-0.15, -0.1) is 0 Å². The fourth-order valence-corrected chi connectivity index (χ4v) is 4.40. The maximum Gasteiger partial charge on any atom is 0.224 e. The van der Waals surface area contributed by atoms with Crippen molar-refractivity contribution in [1.82, 2.24) is 9.88 Å². The molecule has 0 saturated carbocycles. The van der Waals surface area contributed by atoms with E-state index in [0.717, 1.165) is 16.8 Å². The van der Waals surface area contributed by atoms with E-state index in [2.05, 4.69) is 4.98 Å². The Hall–Kier alpha value is -2.99. The van der Waals surface area contributed by atoms with Gasteiger partial charge >= 0.3 is 0 Å². The molecule has 3 rings (SSSR count). The van der Waals surface area contributed by atoms with E-state index in [1.165, 1.54) is 0 Å². The number of pyridine rings is 1. The highest BCUT2D eigenvalue weighted by molar-refractivity contribution is 7.91. The average Bonchev–Trinajstić information content (AvgIpc) is 2.74. The summed E-state index contributed by atoms with van der Waals surface area (Å²) in [6.07, 6.45) is 1.59. The lowest BCUT2D eigenvalue weighted by Crippen LogP contribution is -2.33. The van der Waals surface area contributed by atoms with E-state index in [0.29, 0.717) is 0 Å². The fraction of sp³-hybridized carbons (Fsp3) is 0.217. The van der Waals surface area contributed by atoms with E-state index in [4.69, 9.17) is 0 Å². The lowest BCUT2D eigenvalue weighted by molar-refractivity contribution is -0.131. The van der Waals surface area contributed by atoms with Crippen LogP contribution in [0.2, 0.25) is 0 Å². The number of aryl methyl sites for hydroxylation is 1. The Balaban J connectivity index is 1.78. The maximum atomic E-state index is 12.9. The highest BCUT2D eigenvalue weighted by Crippen LogP contribution is 2.26. The number of hydrogen-bond donors (Lipinski definition) is 0. The number of amides is 1. The molecule has 3 aromatic rings. The van der Waals surface area contributed by atoms with Crippen LogP contribution in [0.4, 0.5) is 0 Å². The van der Waals surface area contributed by atoms with E-state index in [9.17, 15) is 13.2 Å². The van der Waals surface area contributed by atoms with Crippen molar-refractivity contribution in [2.24, 2.45) is 0 Å². The smallest absolute Gasteiger partial charge is 0.224 e. The second-order valence-electron chi connectivity index (χ2n) is 6.95. The summed E-state index contributed by atoms with van der Waals surface area (Å²) < 4.78 is 25.2. The summed E-state index contributed by atoms with van der Waals surface area (Å²) in [4.78, 5) is 19.1. The predicted molar refractivity (Wildman–Crippen MR) is 113 cm³/mol. The topological polar surface area (TPSA) is 67.3 Å². The molecule has 1 heterocycles. The van der Waals surface area contributed by atoms with Crippen molar-refractivity contribution in [1.29, 1.82) is 0 Å². The molecule has 1 aromatic heterocycles. The van der Waals surface area contributed by atoms with Crippen molar-refractivity contribution >= 4 is 15.7 Å². The van der Waals surface area contributed by atoms with Crippen LogP contribution < -0.4 is 0 Å². The van der Waals surface area contributed by atoms with Crippen LogP contribution in [0.15, 0.2) is 83.9 Å². The third kappa shape index (κ3) is 5.09.